The van der Waals surface area contributed by atoms with E-state index in [1.165, 1.54) is 5.57 Å². The van der Waals surface area contributed by atoms with Gasteiger partial charge >= 0.3 is 0 Å². The number of hydrogen-bond donors (Lipinski definition) is 4. The number of fused-ring (bicyclic) bond motifs is 5. The van der Waals surface area contributed by atoms with Crippen molar-refractivity contribution < 1.29 is 20.4 Å². The molecule has 8 unspecified atom stereocenters. The van der Waals surface area contributed by atoms with Crippen molar-refractivity contribution in [1.82, 2.24) is 0 Å². The van der Waals surface area contributed by atoms with Gasteiger partial charge in [0.25, 0.3) is 0 Å². The van der Waals surface area contributed by atoms with E-state index in [-0.39, 0.29) is 28.8 Å². The zero-order valence-corrected chi connectivity index (χ0v) is 14.2. The molecule has 0 aromatic heterocycles. The number of hydrogen-bond acceptors (Lipinski definition) is 4. The van der Waals surface area contributed by atoms with E-state index in [0.29, 0.717) is 18.8 Å². The minimum Gasteiger partial charge on any atom is -0.393 e. The van der Waals surface area contributed by atoms with Crippen LogP contribution in [0.2, 0.25) is 0 Å². The summed E-state index contributed by atoms with van der Waals surface area (Å²) in [6.45, 7) is 4.30. The number of aliphatic hydroxyl groups excluding tert-OH is 4. The highest BCUT2D eigenvalue weighted by molar-refractivity contribution is 5.27. The first-order valence-corrected chi connectivity index (χ1v) is 9.19. The van der Waals surface area contributed by atoms with Crippen LogP contribution in [0, 0.1) is 28.6 Å². The van der Waals surface area contributed by atoms with Gasteiger partial charge in [0, 0.05) is 5.41 Å². The molecule has 4 N–H and O–H groups in total. The fraction of sp³-hybridized carbons (Fsp3) is 0.895. The summed E-state index contributed by atoms with van der Waals surface area (Å²) in [5.74, 6) is 0.771. The molecule has 4 nitrogen and oxygen atoms in total. The summed E-state index contributed by atoms with van der Waals surface area (Å²) in [4.78, 5) is 0. The Kier molecular flexibility index (Phi) is 3.52. The van der Waals surface area contributed by atoms with Gasteiger partial charge in [0.15, 0.2) is 0 Å². The fourth-order valence-electron chi connectivity index (χ4n) is 6.77. The summed E-state index contributed by atoms with van der Waals surface area (Å²) >= 11 is 0. The van der Waals surface area contributed by atoms with Gasteiger partial charge in [-0.1, -0.05) is 25.5 Å². The topological polar surface area (TPSA) is 80.9 Å². The molecule has 0 amide bonds. The van der Waals surface area contributed by atoms with Gasteiger partial charge in [-0.3, -0.25) is 0 Å². The molecule has 4 heteroatoms. The summed E-state index contributed by atoms with van der Waals surface area (Å²) < 4.78 is 0. The molecule has 3 fully saturated rings. The second-order valence-corrected chi connectivity index (χ2v) is 9.10. The molecule has 0 saturated heterocycles. The van der Waals surface area contributed by atoms with Gasteiger partial charge < -0.3 is 20.4 Å². The molecule has 0 aromatic carbocycles. The first-order valence-electron chi connectivity index (χ1n) is 9.19. The van der Waals surface area contributed by atoms with Crippen molar-refractivity contribution in [3.8, 4) is 0 Å². The van der Waals surface area contributed by atoms with Crippen LogP contribution in [-0.4, -0.2) is 44.8 Å². The highest BCUT2D eigenvalue weighted by atomic mass is 16.3. The van der Waals surface area contributed by atoms with Crippen LogP contribution in [0.3, 0.4) is 0 Å². The molecule has 0 aliphatic heterocycles. The monoisotopic (exact) mass is 322 g/mol. The molecule has 4 rings (SSSR count). The Bertz CT molecular complexity index is 531. The van der Waals surface area contributed by atoms with Crippen LogP contribution in [0.25, 0.3) is 0 Å². The number of aliphatic hydroxyl groups is 4. The quantitative estimate of drug-likeness (QED) is 0.511. The smallest absolute Gasteiger partial charge is 0.0856 e. The van der Waals surface area contributed by atoms with Gasteiger partial charge in [0.1, 0.15) is 0 Å². The molecular formula is C19H30O4. The summed E-state index contributed by atoms with van der Waals surface area (Å²) in [5, 5.41) is 41.7. The maximum absolute atomic E-state index is 11.0. The molecule has 3 saturated carbocycles. The van der Waals surface area contributed by atoms with E-state index in [0.717, 1.165) is 25.7 Å². The van der Waals surface area contributed by atoms with Crippen LogP contribution >= 0.6 is 0 Å². The zero-order valence-electron chi connectivity index (χ0n) is 14.2. The third kappa shape index (κ3) is 2.05. The average Bonchev–Trinajstić information content (AvgIpc) is 2.71. The molecule has 0 radical (unpaired) electrons. The molecule has 130 valence electrons. The standard InChI is InChI=1S/C19H30O4/c1-18-6-5-11(20)7-10(18)3-4-12-13-8-14(21)17(23)19(13,2)9-15(22)16(12)18/h3,11-17,20-23H,4-9H2,1-2H3/t11?,12?,13?,14-,15?,16?,17?,18?,19?/m1/s1. The van der Waals surface area contributed by atoms with E-state index in [1.54, 1.807) is 0 Å². The lowest BCUT2D eigenvalue weighted by Crippen LogP contribution is -2.57. The van der Waals surface area contributed by atoms with Crippen molar-refractivity contribution in [1.29, 1.82) is 0 Å². The van der Waals surface area contributed by atoms with E-state index < -0.39 is 18.3 Å². The van der Waals surface area contributed by atoms with Gasteiger partial charge in [0.2, 0.25) is 0 Å². The van der Waals surface area contributed by atoms with E-state index in [1.807, 2.05) is 6.92 Å². The SMILES string of the molecule is CC12CCC(O)CC1=CCC1C2C(O)CC2(C)C1C[C@@H](O)C2O. The molecule has 4 aliphatic carbocycles. The van der Waals surface area contributed by atoms with Gasteiger partial charge in [0.05, 0.1) is 24.4 Å². The van der Waals surface area contributed by atoms with Crippen molar-refractivity contribution in [2.75, 3.05) is 0 Å². The van der Waals surface area contributed by atoms with Crippen LogP contribution < -0.4 is 0 Å². The van der Waals surface area contributed by atoms with Crippen LogP contribution in [0.1, 0.15) is 52.4 Å². The molecule has 4 aliphatic rings. The third-order valence-electron chi connectivity index (χ3n) is 7.98. The van der Waals surface area contributed by atoms with Crippen LogP contribution in [0.4, 0.5) is 0 Å². The molecule has 0 aromatic rings. The summed E-state index contributed by atoms with van der Waals surface area (Å²) in [6.07, 6.45) is 4.80. The van der Waals surface area contributed by atoms with E-state index >= 15 is 0 Å². The highest BCUT2D eigenvalue weighted by Crippen LogP contribution is 2.64. The lowest BCUT2D eigenvalue weighted by atomic mass is 9.47. The van der Waals surface area contributed by atoms with Gasteiger partial charge in [-0.15, -0.1) is 0 Å². The van der Waals surface area contributed by atoms with Gasteiger partial charge in [-0.25, -0.2) is 0 Å². The minimum atomic E-state index is -0.727. The predicted molar refractivity (Wildman–Crippen MR) is 86.5 cm³/mol. The van der Waals surface area contributed by atoms with Crippen LogP contribution in [-0.2, 0) is 0 Å². The second-order valence-electron chi connectivity index (χ2n) is 9.10. The maximum Gasteiger partial charge on any atom is 0.0856 e. The van der Waals surface area contributed by atoms with E-state index in [2.05, 4.69) is 13.0 Å². The first-order chi connectivity index (χ1) is 10.8. The predicted octanol–water partition coefficient (Wildman–Crippen LogP) is 1.61. The largest absolute Gasteiger partial charge is 0.393 e. The highest BCUT2D eigenvalue weighted by Gasteiger charge is 2.63. The normalized spacial score (nSPS) is 58.9. The molecular weight excluding hydrogens is 292 g/mol. The lowest BCUT2D eigenvalue weighted by molar-refractivity contribution is -0.140. The van der Waals surface area contributed by atoms with Crippen molar-refractivity contribution >= 4 is 0 Å². The summed E-state index contributed by atoms with van der Waals surface area (Å²) in [7, 11) is 0. The first kappa shape index (κ1) is 16.1. The van der Waals surface area contributed by atoms with Gasteiger partial charge in [-0.2, -0.15) is 0 Å². The maximum atomic E-state index is 11.0. The van der Waals surface area contributed by atoms with Crippen molar-refractivity contribution in [3.63, 3.8) is 0 Å². The Morgan fingerprint density at radius 1 is 1.09 bits per heavy atom. The molecule has 0 spiro atoms. The fourth-order valence-corrected chi connectivity index (χ4v) is 6.77. The Morgan fingerprint density at radius 2 is 1.83 bits per heavy atom. The van der Waals surface area contributed by atoms with Crippen molar-refractivity contribution in [3.05, 3.63) is 11.6 Å². The van der Waals surface area contributed by atoms with Crippen LogP contribution in [0.15, 0.2) is 11.6 Å². The molecule has 0 heterocycles. The summed E-state index contributed by atoms with van der Waals surface area (Å²) in [5.41, 5.74) is 0.899. The Labute approximate surface area is 138 Å². The summed E-state index contributed by atoms with van der Waals surface area (Å²) in [6, 6.07) is 0. The van der Waals surface area contributed by atoms with Crippen molar-refractivity contribution in [2.24, 2.45) is 28.6 Å². The zero-order chi connectivity index (χ0) is 16.6. The molecule has 0 bridgehead atoms. The van der Waals surface area contributed by atoms with E-state index in [9.17, 15) is 20.4 Å². The van der Waals surface area contributed by atoms with Crippen molar-refractivity contribution in [2.45, 2.75) is 76.8 Å². The Morgan fingerprint density at radius 3 is 2.57 bits per heavy atom. The molecule has 9 atom stereocenters. The van der Waals surface area contributed by atoms with E-state index in [4.69, 9.17) is 0 Å². The minimum absolute atomic E-state index is 0.0403. The van der Waals surface area contributed by atoms with Gasteiger partial charge in [-0.05, 0) is 61.7 Å². The Hall–Kier alpha value is -0.420. The Balaban J connectivity index is 1.73. The average molecular weight is 322 g/mol. The lowest BCUT2D eigenvalue weighted by Gasteiger charge is -2.59. The van der Waals surface area contributed by atoms with Crippen LogP contribution in [0.5, 0.6) is 0 Å². The number of rotatable bonds is 0. The number of allylic oxidation sites excluding steroid dienone is 1. The third-order valence-corrected chi connectivity index (χ3v) is 7.98. The second kappa shape index (κ2) is 5.04. The molecule has 23 heavy (non-hydrogen) atoms.